The predicted molar refractivity (Wildman–Crippen MR) is 99.9 cm³/mol. The van der Waals surface area contributed by atoms with Crippen molar-refractivity contribution in [3.63, 3.8) is 0 Å². The molecule has 0 fully saturated rings. The summed E-state index contributed by atoms with van der Waals surface area (Å²) in [6.07, 6.45) is 6.05. The van der Waals surface area contributed by atoms with E-state index in [1.807, 2.05) is 17.8 Å². The van der Waals surface area contributed by atoms with Crippen molar-refractivity contribution in [2.75, 3.05) is 0 Å². The van der Waals surface area contributed by atoms with E-state index < -0.39 is 0 Å². The Morgan fingerprint density at radius 3 is 2.54 bits per heavy atom. The highest BCUT2D eigenvalue weighted by atomic mass is 19.1. The van der Waals surface area contributed by atoms with Crippen LogP contribution in [0.4, 0.5) is 4.39 Å². The van der Waals surface area contributed by atoms with Gasteiger partial charge in [-0.15, -0.1) is 0 Å². The van der Waals surface area contributed by atoms with Crippen molar-refractivity contribution >= 4 is 0 Å². The summed E-state index contributed by atoms with van der Waals surface area (Å²) < 4.78 is 15.8. The van der Waals surface area contributed by atoms with Crippen LogP contribution in [0.3, 0.4) is 0 Å². The van der Waals surface area contributed by atoms with E-state index in [-0.39, 0.29) is 5.82 Å². The quantitative estimate of drug-likeness (QED) is 0.736. The van der Waals surface area contributed by atoms with E-state index in [0.29, 0.717) is 24.7 Å². The summed E-state index contributed by atoms with van der Waals surface area (Å²) in [7, 11) is 0. The molecule has 0 aliphatic carbocycles. The molecule has 0 spiro atoms. The zero-order valence-corrected chi connectivity index (χ0v) is 15.4. The molecule has 2 heterocycles. The third-order valence-corrected chi connectivity index (χ3v) is 4.23. The molecule has 5 nitrogen and oxygen atoms in total. The van der Waals surface area contributed by atoms with Gasteiger partial charge in [-0.2, -0.15) is 5.10 Å². The van der Waals surface area contributed by atoms with Crippen LogP contribution in [0.1, 0.15) is 36.2 Å². The smallest absolute Gasteiger partial charge is 0.159 e. The molecule has 26 heavy (non-hydrogen) atoms. The van der Waals surface area contributed by atoms with Crippen molar-refractivity contribution < 1.29 is 4.39 Å². The number of hydrogen-bond acceptors (Lipinski definition) is 4. The second-order valence-electron chi connectivity index (χ2n) is 6.95. The van der Waals surface area contributed by atoms with Gasteiger partial charge in [-0.3, -0.25) is 4.68 Å². The van der Waals surface area contributed by atoms with Gasteiger partial charge in [0.2, 0.25) is 0 Å². The first-order valence-corrected chi connectivity index (χ1v) is 8.79. The molecule has 3 rings (SSSR count). The third kappa shape index (κ3) is 4.14. The van der Waals surface area contributed by atoms with Crippen LogP contribution in [0.2, 0.25) is 0 Å². The number of halogens is 1. The van der Waals surface area contributed by atoms with Crippen molar-refractivity contribution in [3.05, 3.63) is 65.0 Å². The molecule has 2 aromatic heterocycles. The average Bonchev–Trinajstić information content (AvgIpc) is 2.93. The fourth-order valence-corrected chi connectivity index (χ4v) is 2.93. The minimum Gasteiger partial charge on any atom is -0.326 e. The first-order chi connectivity index (χ1) is 12.5. The maximum Gasteiger partial charge on any atom is 0.159 e. The number of hydrogen-bond donors (Lipinski definition) is 1. The number of nitrogens with zero attached hydrogens (tertiary/aromatic N) is 4. The SMILES string of the molecule is Cc1nn(CC(C)C)cc1Cc1cc(F)ccc1-c1ncc(CN)cn1. The summed E-state index contributed by atoms with van der Waals surface area (Å²) in [6, 6.07) is 4.72. The molecule has 6 heteroatoms. The van der Waals surface area contributed by atoms with Crippen LogP contribution in [0.15, 0.2) is 36.8 Å². The van der Waals surface area contributed by atoms with E-state index in [1.54, 1.807) is 24.5 Å². The molecule has 0 saturated heterocycles. The van der Waals surface area contributed by atoms with Gasteiger partial charge in [-0.25, -0.2) is 14.4 Å². The molecular weight excluding hydrogens is 329 g/mol. The van der Waals surface area contributed by atoms with Gasteiger partial charge < -0.3 is 5.73 Å². The molecule has 0 aliphatic rings. The van der Waals surface area contributed by atoms with Crippen LogP contribution in [0, 0.1) is 18.7 Å². The maximum atomic E-state index is 13.9. The Labute approximate surface area is 153 Å². The largest absolute Gasteiger partial charge is 0.326 e. The highest BCUT2D eigenvalue weighted by molar-refractivity contribution is 5.61. The Morgan fingerprint density at radius 2 is 1.88 bits per heavy atom. The molecule has 1 aromatic carbocycles. The summed E-state index contributed by atoms with van der Waals surface area (Å²) in [5.41, 5.74) is 10.2. The summed E-state index contributed by atoms with van der Waals surface area (Å²) in [4.78, 5) is 8.77. The summed E-state index contributed by atoms with van der Waals surface area (Å²) in [5, 5.41) is 4.57. The van der Waals surface area contributed by atoms with Crippen molar-refractivity contribution in [2.45, 2.75) is 40.3 Å². The standard InChI is InChI=1S/C20H24FN5/c1-13(2)11-26-12-17(14(3)25-26)6-16-7-18(21)4-5-19(16)20-23-9-15(8-22)10-24-20/h4-5,7,9-10,12-13H,6,8,11,22H2,1-3H3. The summed E-state index contributed by atoms with van der Waals surface area (Å²) in [6.45, 7) is 7.55. The van der Waals surface area contributed by atoms with E-state index in [0.717, 1.165) is 34.5 Å². The normalized spacial score (nSPS) is 11.3. The molecule has 3 aromatic rings. The van der Waals surface area contributed by atoms with E-state index in [2.05, 4.69) is 28.9 Å². The highest BCUT2D eigenvalue weighted by Gasteiger charge is 2.13. The first-order valence-electron chi connectivity index (χ1n) is 8.79. The van der Waals surface area contributed by atoms with Crippen LogP contribution in [-0.2, 0) is 19.5 Å². The second kappa shape index (κ2) is 7.74. The predicted octanol–water partition coefficient (Wildman–Crippen LogP) is 3.49. The first kappa shape index (κ1) is 18.2. The van der Waals surface area contributed by atoms with Crippen molar-refractivity contribution in [3.8, 4) is 11.4 Å². The molecule has 0 atom stereocenters. The second-order valence-corrected chi connectivity index (χ2v) is 6.95. The zero-order valence-electron chi connectivity index (χ0n) is 15.4. The Balaban J connectivity index is 1.94. The van der Waals surface area contributed by atoms with Crippen LogP contribution in [-0.4, -0.2) is 19.7 Å². The third-order valence-electron chi connectivity index (χ3n) is 4.23. The van der Waals surface area contributed by atoms with Gasteiger partial charge in [-0.05, 0) is 42.2 Å². The lowest BCUT2D eigenvalue weighted by Crippen LogP contribution is -2.04. The number of rotatable bonds is 6. The van der Waals surface area contributed by atoms with Gasteiger partial charge in [0, 0.05) is 49.2 Å². The molecule has 0 amide bonds. The van der Waals surface area contributed by atoms with Crippen molar-refractivity contribution in [1.82, 2.24) is 19.7 Å². The Kier molecular flexibility index (Phi) is 5.42. The number of aryl methyl sites for hydroxylation is 1. The van der Waals surface area contributed by atoms with Gasteiger partial charge in [-0.1, -0.05) is 13.8 Å². The number of nitrogens with two attached hydrogens (primary N) is 1. The molecule has 0 aliphatic heterocycles. The minimum absolute atomic E-state index is 0.269. The molecule has 0 unspecified atom stereocenters. The lowest BCUT2D eigenvalue weighted by molar-refractivity contribution is 0.481. The Bertz CT molecular complexity index is 884. The van der Waals surface area contributed by atoms with Gasteiger partial charge >= 0.3 is 0 Å². The van der Waals surface area contributed by atoms with Gasteiger partial charge in [0.25, 0.3) is 0 Å². The van der Waals surface area contributed by atoms with E-state index >= 15 is 0 Å². The molecule has 0 saturated carbocycles. The zero-order chi connectivity index (χ0) is 18.7. The molecule has 136 valence electrons. The fraction of sp³-hybridized carbons (Fsp3) is 0.350. The monoisotopic (exact) mass is 353 g/mol. The average molecular weight is 353 g/mol. The molecule has 0 bridgehead atoms. The highest BCUT2D eigenvalue weighted by Crippen LogP contribution is 2.25. The van der Waals surface area contributed by atoms with Crippen LogP contribution in [0.25, 0.3) is 11.4 Å². The van der Waals surface area contributed by atoms with E-state index in [1.165, 1.54) is 6.07 Å². The van der Waals surface area contributed by atoms with Crippen LogP contribution >= 0.6 is 0 Å². The van der Waals surface area contributed by atoms with Crippen LogP contribution < -0.4 is 5.73 Å². The Morgan fingerprint density at radius 1 is 1.15 bits per heavy atom. The topological polar surface area (TPSA) is 69.6 Å². The summed E-state index contributed by atoms with van der Waals surface area (Å²) >= 11 is 0. The molecule has 0 radical (unpaired) electrons. The van der Waals surface area contributed by atoms with E-state index in [4.69, 9.17) is 5.73 Å². The Hall–Kier alpha value is -2.60. The lowest BCUT2D eigenvalue weighted by atomic mass is 9.99. The summed E-state index contributed by atoms with van der Waals surface area (Å²) in [5.74, 6) is 0.820. The maximum absolute atomic E-state index is 13.9. The number of benzene rings is 1. The lowest BCUT2D eigenvalue weighted by Gasteiger charge is -2.09. The van der Waals surface area contributed by atoms with Gasteiger partial charge in [0.15, 0.2) is 5.82 Å². The fourth-order valence-electron chi connectivity index (χ4n) is 2.93. The number of aromatic nitrogens is 4. The minimum atomic E-state index is -0.269. The van der Waals surface area contributed by atoms with E-state index in [9.17, 15) is 4.39 Å². The van der Waals surface area contributed by atoms with Crippen LogP contribution in [0.5, 0.6) is 0 Å². The van der Waals surface area contributed by atoms with Gasteiger partial charge in [0.05, 0.1) is 5.69 Å². The van der Waals surface area contributed by atoms with Crippen molar-refractivity contribution in [2.24, 2.45) is 11.7 Å². The van der Waals surface area contributed by atoms with Crippen molar-refractivity contribution in [1.29, 1.82) is 0 Å². The molecule has 2 N–H and O–H groups in total. The van der Waals surface area contributed by atoms with Gasteiger partial charge in [0.1, 0.15) is 5.82 Å². The molecular formula is C20H24FN5.